The maximum absolute atomic E-state index is 12.0. The number of rotatable bonds is 4. The molecule has 0 atom stereocenters. The summed E-state index contributed by atoms with van der Waals surface area (Å²) in [5.41, 5.74) is -0.889. The highest BCUT2D eigenvalue weighted by atomic mass is 32.2. The quantitative estimate of drug-likeness (QED) is 0.757. The molecule has 0 heterocycles. The molecular formula is C13H25NO4S. The number of sulfone groups is 1. The van der Waals surface area contributed by atoms with Gasteiger partial charge in [0.15, 0.2) is 9.84 Å². The Bertz CT molecular complexity index is 420. The Morgan fingerprint density at radius 1 is 1.21 bits per heavy atom. The Labute approximate surface area is 115 Å². The smallest absolute Gasteiger partial charge is 0.240 e. The lowest BCUT2D eigenvalue weighted by Crippen LogP contribution is -2.52. The fourth-order valence-corrected chi connectivity index (χ4v) is 2.60. The summed E-state index contributed by atoms with van der Waals surface area (Å²) in [6.45, 7) is 2.90. The van der Waals surface area contributed by atoms with Crippen molar-refractivity contribution in [2.75, 3.05) is 12.8 Å². The Hall–Kier alpha value is -0.620. The highest BCUT2D eigenvalue weighted by molar-refractivity contribution is 7.92. The van der Waals surface area contributed by atoms with Crippen LogP contribution in [0.3, 0.4) is 0 Å². The SMILES string of the molecule is CC(C)(C(=O)NCC1(O)CCCCCC1)S(C)(=O)=O. The summed E-state index contributed by atoms with van der Waals surface area (Å²) in [5, 5.41) is 13.0. The van der Waals surface area contributed by atoms with E-state index in [0.717, 1.165) is 31.9 Å². The summed E-state index contributed by atoms with van der Waals surface area (Å²) in [5.74, 6) is -0.548. The van der Waals surface area contributed by atoms with E-state index in [-0.39, 0.29) is 6.54 Å². The lowest BCUT2D eigenvalue weighted by atomic mass is 9.94. The molecule has 1 saturated carbocycles. The summed E-state index contributed by atoms with van der Waals surface area (Å²) in [7, 11) is -3.48. The zero-order valence-corrected chi connectivity index (χ0v) is 12.8. The second-order valence-corrected chi connectivity index (χ2v) is 8.67. The van der Waals surface area contributed by atoms with Crippen LogP contribution in [0.15, 0.2) is 0 Å². The van der Waals surface area contributed by atoms with E-state index in [1.807, 2.05) is 0 Å². The molecular weight excluding hydrogens is 266 g/mol. The summed E-state index contributed by atoms with van der Waals surface area (Å²) < 4.78 is 21.6. The van der Waals surface area contributed by atoms with Crippen molar-refractivity contribution < 1.29 is 18.3 Å². The molecule has 0 aromatic rings. The number of hydrogen-bond donors (Lipinski definition) is 2. The van der Waals surface area contributed by atoms with E-state index in [0.29, 0.717) is 12.8 Å². The van der Waals surface area contributed by atoms with Crippen LogP contribution in [0, 0.1) is 0 Å². The van der Waals surface area contributed by atoms with Crippen molar-refractivity contribution in [1.82, 2.24) is 5.32 Å². The third-order valence-corrected chi connectivity index (χ3v) is 6.13. The Balaban J connectivity index is 2.63. The normalized spacial score (nSPS) is 20.6. The van der Waals surface area contributed by atoms with Gasteiger partial charge in [0.05, 0.1) is 5.60 Å². The molecule has 1 aliphatic rings. The molecule has 0 saturated heterocycles. The van der Waals surface area contributed by atoms with Crippen LogP contribution >= 0.6 is 0 Å². The lowest BCUT2D eigenvalue weighted by Gasteiger charge is -2.29. The van der Waals surface area contributed by atoms with Gasteiger partial charge >= 0.3 is 0 Å². The van der Waals surface area contributed by atoms with Crippen LogP contribution in [-0.2, 0) is 14.6 Å². The van der Waals surface area contributed by atoms with Crippen LogP contribution in [0.25, 0.3) is 0 Å². The minimum absolute atomic E-state index is 0.130. The predicted molar refractivity (Wildman–Crippen MR) is 74.6 cm³/mol. The molecule has 1 fully saturated rings. The van der Waals surface area contributed by atoms with E-state index >= 15 is 0 Å². The number of hydrogen-bond acceptors (Lipinski definition) is 4. The van der Waals surface area contributed by atoms with Crippen LogP contribution < -0.4 is 5.32 Å². The van der Waals surface area contributed by atoms with E-state index < -0.39 is 26.1 Å². The van der Waals surface area contributed by atoms with Crippen LogP contribution in [-0.4, -0.2) is 42.6 Å². The lowest BCUT2D eigenvalue weighted by molar-refractivity contribution is -0.124. The first-order chi connectivity index (χ1) is 8.58. The van der Waals surface area contributed by atoms with Crippen molar-refractivity contribution in [2.24, 2.45) is 0 Å². The van der Waals surface area contributed by atoms with Gasteiger partial charge in [-0.2, -0.15) is 0 Å². The highest BCUT2D eigenvalue weighted by Gasteiger charge is 2.39. The number of nitrogens with one attached hydrogen (secondary N) is 1. The van der Waals surface area contributed by atoms with Gasteiger partial charge in [0.2, 0.25) is 5.91 Å². The molecule has 0 spiro atoms. The maximum Gasteiger partial charge on any atom is 0.240 e. The molecule has 5 nitrogen and oxygen atoms in total. The van der Waals surface area contributed by atoms with Gasteiger partial charge in [-0.1, -0.05) is 25.7 Å². The first-order valence-corrected chi connectivity index (χ1v) is 8.68. The molecule has 6 heteroatoms. The predicted octanol–water partition coefficient (Wildman–Crippen LogP) is 1.01. The molecule has 19 heavy (non-hydrogen) atoms. The second-order valence-electron chi connectivity index (χ2n) is 6.10. The Kier molecular flexibility index (Phi) is 5.01. The molecule has 1 amide bonds. The fourth-order valence-electron chi connectivity index (χ4n) is 2.19. The van der Waals surface area contributed by atoms with Crippen LogP contribution in [0.4, 0.5) is 0 Å². The van der Waals surface area contributed by atoms with Gasteiger partial charge in [0, 0.05) is 12.8 Å². The average Bonchev–Trinajstić information content (AvgIpc) is 2.50. The van der Waals surface area contributed by atoms with Crippen LogP contribution in [0.5, 0.6) is 0 Å². The Morgan fingerprint density at radius 3 is 2.11 bits per heavy atom. The van der Waals surface area contributed by atoms with Crippen LogP contribution in [0.2, 0.25) is 0 Å². The molecule has 0 aliphatic heterocycles. The second kappa shape index (κ2) is 5.79. The van der Waals surface area contributed by atoms with E-state index in [9.17, 15) is 18.3 Å². The van der Waals surface area contributed by atoms with Gasteiger partial charge in [-0.25, -0.2) is 8.42 Å². The van der Waals surface area contributed by atoms with Crippen molar-refractivity contribution in [3.05, 3.63) is 0 Å². The zero-order chi connectivity index (χ0) is 14.7. The molecule has 0 unspecified atom stereocenters. The number of aliphatic hydroxyl groups is 1. The van der Waals surface area contributed by atoms with Gasteiger partial charge in [-0.3, -0.25) is 4.79 Å². The number of amides is 1. The third-order valence-electron chi connectivity index (χ3n) is 4.09. The largest absolute Gasteiger partial charge is 0.388 e. The molecule has 112 valence electrons. The summed E-state index contributed by atoms with van der Waals surface area (Å²) in [4.78, 5) is 12.0. The molecule has 0 radical (unpaired) electrons. The standard InChI is InChI=1S/C13H25NO4S/c1-12(2,19(3,17)18)11(15)14-10-13(16)8-6-4-5-7-9-13/h16H,4-10H2,1-3H3,(H,14,15). The van der Waals surface area contributed by atoms with E-state index in [1.54, 1.807) is 0 Å². The third kappa shape index (κ3) is 4.18. The van der Waals surface area contributed by atoms with Crippen molar-refractivity contribution in [3.8, 4) is 0 Å². The fraction of sp³-hybridized carbons (Fsp3) is 0.923. The van der Waals surface area contributed by atoms with Gasteiger partial charge < -0.3 is 10.4 Å². The monoisotopic (exact) mass is 291 g/mol. The average molecular weight is 291 g/mol. The minimum Gasteiger partial charge on any atom is -0.388 e. The Morgan fingerprint density at radius 2 is 1.68 bits per heavy atom. The van der Waals surface area contributed by atoms with Crippen molar-refractivity contribution in [3.63, 3.8) is 0 Å². The molecule has 0 aromatic carbocycles. The first-order valence-electron chi connectivity index (χ1n) is 6.79. The van der Waals surface area contributed by atoms with Gasteiger partial charge in [-0.15, -0.1) is 0 Å². The number of carbonyl (C=O) groups is 1. The highest BCUT2D eigenvalue weighted by Crippen LogP contribution is 2.26. The zero-order valence-electron chi connectivity index (χ0n) is 12.0. The molecule has 0 bridgehead atoms. The van der Waals surface area contributed by atoms with E-state index in [1.165, 1.54) is 13.8 Å². The summed E-state index contributed by atoms with van der Waals surface area (Å²) >= 11 is 0. The minimum atomic E-state index is -3.48. The van der Waals surface area contributed by atoms with E-state index in [4.69, 9.17) is 0 Å². The first kappa shape index (κ1) is 16.4. The van der Waals surface area contributed by atoms with Crippen molar-refractivity contribution >= 4 is 15.7 Å². The van der Waals surface area contributed by atoms with Crippen molar-refractivity contribution in [2.45, 2.75) is 62.7 Å². The molecule has 0 aromatic heterocycles. The molecule has 2 N–H and O–H groups in total. The topological polar surface area (TPSA) is 83.5 Å². The number of carbonyl (C=O) groups excluding carboxylic acids is 1. The maximum atomic E-state index is 12.0. The van der Waals surface area contributed by atoms with Gasteiger partial charge in [0.1, 0.15) is 4.75 Å². The molecule has 1 aliphatic carbocycles. The summed E-state index contributed by atoms with van der Waals surface area (Å²) in [6, 6.07) is 0. The van der Waals surface area contributed by atoms with E-state index in [2.05, 4.69) is 5.32 Å². The molecule has 1 rings (SSSR count). The van der Waals surface area contributed by atoms with Gasteiger partial charge in [0.25, 0.3) is 0 Å². The summed E-state index contributed by atoms with van der Waals surface area (Å²) in [6.07, 6.45) is 6.46. The van der Waals surface area contributed by atoms with Crippen molar-refractivity contribution in [1.29, 1.82) is 0 Å². The van der Waals surface area contributed by atoms with Gasteiger partial charge in [-0.05, 0) is 26.7 Å². The van der Waals surface area contributed by atoms with Crippen LogP contribution in [0.1, 0.15) is 52.4 Å².